The molecule has 0 spiro atoms. The molecule has 0 aliphatic heterocycles. The molecule has 0 bridgehead atoms. The molecule has 2 heterocycles. The van der Waals surface area contributed by atoms with Gasteiger partial charge in [0.15, 0.2) is 0 Å². The Morgan fingerprint density at radius 3 is 2.62 bits per heavy atom. The number of hydrogen-bond acceptors (Lipinski definition) is 4. The summed E-state index contributed by atoms with van der Waals surface area (Å²) in [4.78, 5) is 3.80. The highest BCUT2D eigenvalue weighted by atomic mass is 32.2. The van der Waals surface area contributed by atoms with E-state index in [2.05, 4.69) is 9.71 Å². The number of aromatic nitrogens is 1. The van der Waals surface area contributed by atoms with Crippen molar-refractivity contribution in [3.63, 3.8) is 0 Å². The van der Waals surface area contributed by atoms with Crippen molar-refractivity contribution in [2.45, 2.75) is 17.6 Å². The highest BCUT2D eigenvalue weighted by Crippen LogP contribution is 2.30. The first-order chi connectivity index (χ1) is 12.3. The number of sulfonamides is 1. The summed E-state index contributed by atoms with van der Waals surface area (Å²) in [5.74, 6) is 0. The molecule has 0 radical (unpaired) electrons. The average Bonchev–Trinajstić information content (AvgIpc) is 3.14. The summed E-state index contributed by atoms with van der Waals surface area (Å²) in [7, 11) is -4.08. The van der Waals surface area contributed by atoms with E-state index in [1.807, 2.05) is 16.8 Å². The topological polar surface area (TPSA) is 59.1 Å². The van der Waals surface area contributed by atoms with Crippen LogP contribution in [0.3, 0.4) is 0 Å². The molecule has 1 N–H and O–H groups in total. The van der Waals surface area contributed by atoms with Gasteiger partial charge in [0.1, 0.15) is 0 Å². The molecule has 0 amide bonds. The van der Waals surface area contributed by atoms with Crippen molar-refractivity contribution in [3.8, 4) is 11.3 Å². The van der Waals surface area contributed by atoms with Crippen molar-refractivity contribution in [3.05, 3.63) is 70.5 Å². The predicted molar refractivity (Wildman–Crippen MR) is 93.0 cm³/mol. The van der Waals surface area contributed by atoms with Gasteiger partial charge in [-0.1, -0.05) is 6.07 Å². The second-order valence-corrected chi connectivity index (χ2v) is 7.96. The quantitative estimate of drug-likeness (QED) is 0.697. The van der Waals surface area contributed by atoms with Gasteiger partial charge < -0.3 is 0 Å². The van der Waals surface area contributed by atoms with Crippen LogP contribution in [0.2, 0.25) is 0 Å². The van der Waals surface area contributed by atoms with Crippen molar-refractivity contribution in [2.24, 2.45) is 0 Å². The van der Waals surface area contributed by atoms with Crippen LogP contribution in [-0.2, 0) is 22.7 Å². The van der Waals surface area contributed by atoms with Crippen LogP contribution >= 0.6 is 11.3 Å². The Labute approximate surface area is 152 Å². The van der Waals surface area contributed by atoms with E-state index >= 15 is 0 Å². The van der Waals surface area contributed by atoms with E-state index in [-0.39, 0.29) is 6.54 Å². The fourth-order valence-corrected chi connectivity index (χ4v) is 3.97. The van der Waals surface area contributed by atoms with Crippen molar-refractivity contribution in [1.82, 2.24) is 9.71 Å². The molecular formula is C17H13F3N2O2S2. The van der Waals surface area contributed by atoms with E-state index in [1.165, 1.54) is 11.3 Å². The zero-order chi connectivity index (χ0) is 18.8. The summed E-state index contributed by atoms with van der Waals surface area (Å²) >= 11 is 1.52. The van der Waals surface area contributed by atoms with Crippen LogP contribution in [0.25, 0.3) is 11.3 Å². The summed E-state index contributed by atoms with van der Waals surface area (Å²) < 4.78 is 65.2. The molecule has 3 rings (SSSR count). The Morgan fingerprint density at radius 2 is 1.92 bits per heavy atom. The fraction of sp³-hybridized carbons (Fsp3) is 0.118. The van der Waals surface area contributed by atoms with Crippen LogP contribution in [0, 0.1) is 0 Å². The smallest absolute Gasteiger partial charge is 0.256 e. The standard InChI is InChI=1S/C17H13F3N2O2S2/c18-17(19,20)14-2-1-3-15(9-14)26(23,24)22-10-12-4-6-21-16(8-12)13-5-7-25-11-13/h1-9,11,22H,10H2. The highest BCUT2D eigenvalue weighted by Gasteiger charge is 2.31. The van der Waals surface area contributed by atoms with E-state index in [0.29, 0.717) is 17.3 Å². The van der Waals surface area contributed by atoms with Crippen LogP contribution in [0.1, 0.15) is 11.1 Å². The number of halogens is 3. The molecule has 0 unspecified atom stereocenters. The minimum Gasteiger partial charge on any atom is -0.256 e. The lowest BCUT2D eigenvalue weighted by atomic mass is 10.1. The summed E-state index contributed by atoms with van der Waals surface area (Å²) in [6.45, 7) is -0.0573. The molecule has 0 saturated heterocycles. The molecule has 0 saturated carbocycles. The third-order valence-electron chi connectivity index (χ3n) is 3.58. The van der Waals surface area contributed by atoms with Gasteiger partial charge in [-0.2, -0.15) is 24.5 Å². The van der Waals surface area contributed by atoms with Gasteiger partial charge in [0.05, 0.1) is 16.2 Å². The molecule has 3 aromatic rings. The maximum Gasteiger partial charge on any atom is 0.416 e. The van der Waals surface area contributed by atoms with Crippen molar-refractivity contribution < 1.29 is 21.6 Å². The number of alkyl halides is 3. The van der Waals surface area contributed by atoms with Crippen LogP contribution in [0.5, 0.6) is 0 Å². The fourth-order valence-electron chi connectivity index (χ4n) is 2.25. The van der Waals surface area contributed by atoms with Gasteiger partial charge >= 0.3 is 6.18 Å². The van der Waals surface area contributed by atoms with E-state index in [9.17, 15) is 21.6 Å². The number of hydrogen-bond donors (Lipinski definition) is 1. The summed E-state index contributed by atoms with van der Waals surface area (Å²) in [6, 6.07) is 8.91. The molecule has 2 aromatic heterocycles. The number of pyridine rings is 1. The SMILES string of the molecule is O=S(=O)(NCc1ccnc(-c2ccsc2)c1)c1cccc(C(F)(F)F)c1. The highest BCUT2D eigenvalue weighted by molar-refractivity contribution is 7.89. The summed E-state index contributed by atoms with van der Waals surface area (Å²) in [6.07, 6.45) is -3.05. The second kappa shape index (κ2) is 7.18. The molecule has 1 aromatic carbocycles. The Bertz CT molecular complexity index is 1000. The Hall–Kier alpha value is -2.23. The first kappa shape index (κ1) is 18.6. The van der Waals surface area contributed by atoms with Gasteiger partial charge in [0.2, 0.25) is 10.0 Å². The van der Waals surface area contributed by atoms with Crippen molar-refractivity contribution in [2.75, 3.05) is 0 Å². The third-order valence-corrected chi connectivity index (χ3v) is 5.66. The minimum atomic E-state index is -4.61. The Morgan fingerprint density at radius 1 is 1.12 bits per heavy atom. The summed E-state index contributed by atoms with van der Waals surface area (Å²) in [5, 5.41) is 3.82. The zero-order valence-corrected chi connectivity index (χ0v) is 14.8. The van der Waals surface area contributed by atoms with Gasteiger partial charge in [0.25, 0.3) is 0 Å². The molecule has 4 nitrogen and oxygen atoms in total. The number of rotatable bonds is 5. The minimum absolute atomic E-state index is 0.0573. The number of benzene rings is 1. The van der Waals surface area contributed by atoms with Gasteiger partial charge in [-0.25, -0.2) is 13.1 Å². The predicted octanol–water partition coefficient (Wildman–Crippen LogP) is 4.31. The lowest BCUT2D eigenvalue weighted by Crippen LogP contribution is -2.23. The van der Waals surface area contributed by atoms with Gasteiger partial charge in [-0.3, -0.25) is 4.98 Å². The van der Waals surface area contributed by atoms with Crippen LogP contribution in [-0.4, -0.2) is 13.4 Å². The van der Waals surface area contributed by atoms with Gasteiger partial charge in [0, 0.05) is 23.7 Å². The average molecular weight is 398 g/mol. The summed E-state index contributed by atoms with van der Waals surface area (Å²) in [5.41, 5.74) is 1.25. The van der Waals surface area contributed by atoms with E-state index < -0.39 is 26.7 Å². The van der Waals surface area contributed by atoms with Crippen LogP contribution in [0.4, 0.5) is 13.2 Å². The van der Waals surface area contributed by atoms with Gasteiger partial charge in [-0.05, 0) is 47.3 Å². The molecule has 136 valence electrons. The molecule has 0 fully saturated rings. The Balaban J connectivity index is 1.78. The van der Waals surface area contributed by atoms with E-state index in [1.54, 1.807) is 18.3 Å². The van der Waals surface area contributed by atoms with Crippen molar-refractivity contribution >= 4 is 21.4 Å². The Kier molecular flexibility index (Phi) is 5.12. The zero-order valence-electron chi connectivity index (χ0n) is 13.2. The second-order valence-electron chi connectivity index (χ2n) is 5.41. The molecular weight excluding hydrogens is 385 g/mol. The van der Waals surface area contributed by atoms with E-state index in [4.69, 9.17) is 0 Å². The lowest BCUT2D eigenvalue weighted by molar-refractivity contribution is -0.137. The van der Waals surface area contributed by atoms with Crippen LogP contribution < -0.4 is 4.72 Å². The lowest BCUT2D eigenvalue weighted by Gasteiger charge is -2.10. The number of nitrogens with zero attached hydrogens (tertiary/aromatic N) is 1. The maximum atomic E-state index is 12.8. The molecule has 26 heavy (non-hydrogen) atoms. The maximum absolute atomic E-state index is 12.8. The molecule has 9 heteroatoms. The third kappa shape index (κ3) is 4.29. The number of nitrogens with one attached hydrogen (secondary N) is 1. The van der Waals surface area contributed by atoms with Crippen LogP contribution in [0.15, 0.2) is 64.3 Å². The molecule has 0 aliphatic carbocycles. The molecule has 0 atom stereocenters. The monoisotopic (exact) mass is 398 g/mol. The molecule has 0 aliphatic rings. The number of thiophene rings is 1. The largest absolute Gasteiger partial charge is 0.416 e. The van der Waals surface area contributed by atoms with Gasteiger partial charge in [-0.15, -0.1) is 0 Å². The normalized spacial score (nSPS) is 12.3. The van der Waals surface area contributed by atoms with E-state index in [0.717, 1.165) is 23.8 Å². The first-order valence-corrected chi connectivity index (χ1v) is 9.83. The first-order valence-electron chi connectivity index (χ1n) is 7.40. The van der Waals surface area contributed by atoms with Crippen molar-refractivity contribution in [1.29, 1.82) is 0 Å².